The fourth-order valence-corrected chi connectivity index (χ4v) is 2.60. The van der Waals surface area contributed by atoms with Gasteiger partial charge >= 0.3 is 0 Å². The Morgan fingerprint density at radius 3 is 2.28 bits per heavy atom. The van der Waals surface area contributed by atoms with E-state index in [0.29, 0.717) is 12.1 Å². The molecule has 0 fully saturated rings. The number of carbonyl (C=O) groups is 2. The largest absolute Gasteiger partial charge is 0.325 e. The topological polar surface area (TPSA) is 82.0 Å². The number of benzene rings is 2. The number of rotatable bonds is 7. The van der Waals surface area contributed by atoms with Crippen LogP contribution in [0.4, 0.5) is 15.8 Å². The minimum Gasteiger partial charge on any atom is -0.325 e. The van der Waals surface area contributed by atoms with Gasteiger partial charge < -0.3 is 10.6 Å². The van der Waals surface area contributed by atoms with Gasteiger partial charge in [0.2, 0.25) is 11.8 Å². The molecule has 0 aromatic heterocycles. The van der Waals surface area contributed by atoms with Crippen molar-refractivity contribution in [1.29, 1.82) is 5.26 Å². The van der Waals surface area contributed by atoms with Gasteiger partial charge in [0.15, 0.2) is 0 Å². The van der Waals surface area contributed by atoms with Crippen LogP contribution in [-0.2, 0) is 16.0 Å². The maximum atomic E-state index is 13.4. The molecule has 0 atom stereocenters. The van der Waals surface area contributed by atoms with Crippen LogP contribution in [0, 0.1) is 17.1 Å². The van der Waals surface area contributed by atoms with Gasteiger partial charge in [-0.25, -0.2) is 4.39 Å². The molecule has 0 aliphatic rings. The van der Waals surface area contributed by atoms with Crippen LogP contribution in [0.2, 0.25) is 0 Å². The summed E-state index contributed by atoms with van der Waals surface area (Å²) in [7, 11) is 0. The summed E-state index contributed by atoms with van der Waals surface area (Å²) in [6.45, 7) is 0. The van der Waals surface area contributed by atoms with Gasteiger partial charge in [0, 0.05) is 5.69 Å². The third-order valence-corrected chi connectivity index (χ3v) is 4.07. The average molecular weight is 357 g/mol. The van der Waals surface area contributed by atoms with Crippen molar-refractivity contribution in [3.63, 3.8) is 0 Å². The number of anilines is 2. The lowest BCUT2D eigenvalue weighted by atomic mass is 10.1. The smallest absolute Gasteiger partial charge is 0.234 e. The van der Waals surface area contributed by atoms with E-state index in [4.69, 9.17) is 5.26 Å². The number of nitriles is 1. The summed E-state index contributed by atoms with van der Waals surface area (Å²) in [5, 5.41) is 13.8. The molecule has 0 bridgehead atoms. The first-order chi connectivity index (χ1) is 12.1. The Bertz CT molecular complexity index is 788. The van der Waals surface area contributed by atoms with Gasteiger partial charge in [-0.05, 0) is 29.8 Å². The number of thioether (sulfide) groups is 1. The van der Waals surface area contributed by atoms with Gasteiger partial charge in [-0.15, -0.1) is 11.8 Å². The lowest BCUT2D eigenvalue weighted by Gasteiger charge is -2.07. The van der Waals surface area contributed by atoms with Gasteiger partial charge in [-0.3, -0.25) is 9.59 Å². The maximum absolute atomic E-state index is 13.4. The molecule has 7 heteroatoms. The number of amides is 2. The van der Waals surface area contributed by atoms with E-state index < -0.39 is 5.82 Å². The quantitative estimate of drug-likeness (QED) is 0.797. The summed E-state index contributed by atoms with van der Waals surface area (Å²) < 4.78 is 13.4. The molecule has 25 heavy (non-hydrogen) atoms. The highest BCUT2D eigenvalue weighted by molar-refractivity contribution is 8.00. The van der Waals surface area contributed by atoms with Crippen molar-refractivity contribution in [3.05, 3.63) is 59.9 Å². The molecule has 0 heterocycles. The van der Waals surface area contributed by atoms with Crippen molar-refractivity contribution in [2.45, 2.75) is 6.42 Å². The Morgan fingerprint density at radius 2 is 1.64 bits per heavy atom. The van der Waals surface area contributed by atoms with E-state index in [0.717, 1.165) is 17.3 Å². The van der Waals surface area contributed by atoms with Crippen LogP contribution in [-0.4, -0.2) is 23.3 Å². The maximum Gasteiger partial charge on any atom is 0.234 e. The summed E-state index contributed by atoms with van der Waals surface area (Å²) in [5.74, 6) is -0.966. The van der Waals surface area contributed by atoms with Crippen LogP contribution in [0.3, 0.4) is 0 Å². The van der Waals surface area contributed by atoms with E-state index >= 15 is 0 Å². The van der Waals surface area contributed by atoms with E-state index in [2.05, 4.69) is 16.7 Å². The minimum absolute atomic E-state index is 0.0445. The summed E-state index contributed by atoms with van der Waals surface area (Å²) in [6.07, 6.45) is 0.321. The lowest BCUT2D eigenvalue weighted by molar-refractivity contribution is -0.114. The van der Waals surface area contributed by atoms with Gasteiger partial charge in [0.25, 0.3) is 0 Å². The number of hydrogen-bond acceptors (Lipinski definition) is 4. The zero-order chi connectivity index (χ0) is 18.1. The first kappa shape index (κ1) is 18.5. The summed E-state index contributed by atoms with van der Waals surface area (Å²) in [6, 6.07) is 14.9. The first-order valence-electron chi connectivity index (χ1n) is 7.46. The molecule has 0 radical (unpaired) electrons. The predicted octanol–water partition coefficient (Wildman–Crippen LogP) is 3.20. The van der Waals surface area contributed by atoms with Crippen molar-refractivity contribution in [1.82, 2.24) is 0 Å². The molecule has 128 valence electrons. The number of halogens is 1. The second kappa shape index (κ2) is 9.45. The van der Waals surface area contributed by atoms with Crippen molar-refractivity contribution >= 4 is 35.0 Å². The standard InChI is InChI=1S/C18H16FN3O2S/c19-15-3-1-2-4-16(15)22-18(24)12-25-11-17(23)21-14-7-5-13(6-8-14)9-10-20/h1-8H,9,11-12H2,(H,21,23)(H,22,24). The molecule has 0 aliphatic heterocycles. The van der Waals surface area contributed by atoms with Crippen molar-refractivity contribution < 1.29 is 14.0 Å². The third-order valence-electron chi connectivity index (χ3n) is 3.14. The Morgan fingerprint density at radius 1 is 1.00 bits per heavy atom. The van der Waals surface area contributed by atoms with E-state index in [-0.39, 0.29) is 29.0 Å². The van der Waals surface area contributed by atoms with Crippen molar-refractivity contribution in [2.75, 3.05) is 22.1 Å². The summed E-state index contributed by atoms with van der Waals surface area (Å²) in [5.41, 5.74) is 1.62. The van der Waals surface area contributed by atoms with Gasteiger partial charge in [-0.2, -0.15) is 5.26 Å². The zero-order valence-corrected chi connectivity index (χ0v) is 14.1. The molecule has 0 saturated heterocycles. The predicted molar refractivity (Wildman–Crippen MR) is 96.7 cm³/mol. The van der Waals surface area contributed by atoms with E-state index in [9.17, 15) is 14.0 Å². The molecule has 0 saturated carbocycles. The van der Waals surface area contributed by atoms with Crippen LogP contribution in [0.15, 0.2) is 48.5 Å². The third kappa shape index (κ3) is 6.28. The van der Waals surface area contributed by atoms with Crippen LogP contribution in [0.1, 0.15) is 5.56 Å². The Labute approximate surface area is 149 Å². The number of para-hydroxylation sites is 1. The molecule has 2 aromatic rings. The summed E-state index contributed by atoms with van der Waals surface area (Å²) >= 11 is 1.14. The molecule has 2 amide bonds. The summed E-state index contributed by atoms with van der Waals surface area (Å²) in [4.78, 5) is 23.6. The SMILES string of the molecule is N#CCc1ccc(NC(=O)CSCC(=O)Nc2ccccc2F)cc1. The average Bonchev–Trinajstić information content (AvgIpc) is 2.59. The van der Waals surface area contributed by atoms with Crippen LogP contribution in [0.25, 0.3) is 0 Å². The number of carbonyl (C=O) groups excluding carboxylic acids is 2. The molecular weight excluding hydrogens is 341 g/mol. The number of nitrogens with one attached hydrogen (secondary N) is 2. The van der Waals surface area contributed by atoms with Crippen molar-refractivity contribution in [2.24, 2.45) is 0 Å². The first-order valence-corrected chi connectivity index (χ1v) is 8.62. The fraction of sp³-hybridized carbons (Fsp3) is 0.167. The van der Waals surface area contributed by atoms with Gasteiger partial charge in [0.1, 0.15) is 5.82 Å². The molecular formula is C18H16FN3O2S. The molecule has 5 nitrogen and oxygen atoms in total. The second-order valence-corrected chi connectivity index (χ2v) is 6.09. The fourth-order valence-electron chi connectivity index (χ4n) is 1.98. The van der Waals surface area contributed by atoms with E-state index in [1.54, 1.807) is 30.3 Å². The highest BCUT2D eigenvalue weighted by atomic mass is 32.2. The van der Waals surface area contributed by atoms with E-state index in [1.165, 1.54) is 18.2 Å². The number of nitrogens with zero attached hydrogens (tertiary/aromatic N) is 1. The minimum atomic E-state index is -0.501. The van der Waals surface area contributed by atoms with E-state index in [1.807, 2.05) is 0 Å². The van der Waals surface area contributed by atoms with Gasteiger partial charge in [0.05, 0.1) is 29.7 Å². The van der Waals surface area contributed by atoms with Crippen molar-refractivity contribution in [3.8, 4) is 6.07 Å². The molecule has 0 spiro atoms. The normalized spacial score (nSPS) is 9.92. The Hall–Kier alpha value is -2.85. The molecule has 2 aromatic carbocycles. The lowest BCUT2D eigenvalue weighted by Crippen LogP contribution is -2.18. The molecule has 2 rings (SSSR count). The molecule has 0 aliphatic carbocycles. The second-order valence-electron chi connectivity index (χ2n) is 5.10. The Balaban J connectivity index is 1.72. The van der Waals surface area contributed by atoms with Gasteiger partial charge in [-0.1, -0.05) is 24.3 Å². The molecule has 2 N–H and O–H groups in total. The van der Waals surface area contributed by atoms with Crippen LogP contribution < -0.4 is 10.6 Å². The van der Waals surface area contributed by atoms with Crippen LogP contribution in [0.5, 0.6) is 0 Å². The van der Waals surface area contributed by atoms with Crippen LogP contribution >= 0.6 is 11.8 Å². The Kier molecular flexibility index (Phi) is 6.99. The monoisotopic (exact) mass is 357 g/mol. The number of hydrogen-bond donors (Lipinski definition) is 2. The molecule has 0 unspecified atom stereocenters. The zero-order valence-electron chi connectivity index (χ0n) is 13.3. The highest BCUT2D eigenvalue weighted by Gasteiger charge is 2.08. The highest BCUT2D eigenvalue weighted by Crippen LogP contribution is 2.14.